The predicted octanol–water partition coefficient (Wildman–Crippen LogP) is 6.27. The third kappa shape index (κ3) is 3.26. The lowest BCUT2D eigenvalue weighted by molar-refractivity contribution is -0.385. The van der Waals surface area contributed by atoms with Crippen molar-refractivity contribution in [3.8, 4) is 11.1 Å². The van der Waals surface area contributed by atoms with Gasteiger partial charge in [0, 0.05) is 23.3 Å². The van der Waals surface area contributed by atoms with E-state index in [1.54, 1.807) is 0 Å². The van der Waals surface area contributed by atoms with E-state index in [-0.39, 0.29) is 0 Å². The molecule has 2 nitrogen and oxygen atoms in total. The van der Waals surface area contributed by atoms with Gasteiger partial charge < -0.3 is 0 Å². The zero-order chi connectivity index (χ0) is 22.2. The summed E-state index contributed by atoms with van der Waals surface area (Å²) in [6.45, 7) is 8.99. The summed E-state index contributed by atoms with van der Waals surface area (Å²) in [5.41, 5.74) is 15.3. The van der Waals surface area contributed by atoms with Crippen LogP contribution < -0.4 is 4.99 Å². The highest BCUT2D eigenvalue weighted by atomic mass is 14.8. The molecule has 0 radical (unpaired) electrons. The molecule has 2 heteroatoms. The molecule has 0 aromatic rings. The largest absolute Gasteiger partial charge is 0.248 e. The molecule has 0 fully saturated rings. The Morgan fingerprint density at radius 1 is 0.688 bits per heavy atom. The fourth-order valence-electron chi connectivity index (χ4n) is 5.39. The maximum Gasteiger partial charge on any atom is 0.208 e. The van der Waals surface area contributed by atoms with Crippen molar-refractivity contribution in [2.75, 3.05) is 0 Å². The quantitative estimate of drug-likeness (QED) is 0.605. The number of fused-ring (bicyclic) bond motifs is 7. The Morgan fingerprint density at radius 2 is 1.34 bits per heavy atom. The minimum absolute atomic E-state index is 0.994. The van der Waals surface area contributed by atoms with Gasteiger partial charge in [0.15, 0.2) is 0 Å². The Balaban J connectivity index is 1.84. The predicted molar refractivity (Wildman–Crippen MR) is 137 cm³/mol. The second-order valence-electron chi connectivity index (χ2n) is 8.58. The smallest absolute Gasteiger partial charge is 0.208 e. The first-order valence-electron chi connectivity index (χ1n) is 12.0. The van der Waals surface area contributed by atoms with E-state index < -0.39 is 0 Å². The lowest BCUT2D eigenvalue weighted by Gasteiger charge is -2.04. The fraction of sp³-hybridized carbons (Fsp3) is 0.267. The van der Waals surface area contributed by atoms with E-state index in [1.807, 2.05) is 0 Å². The van der Waals surface area contributed by atoms with Gasteiger partial charge in [0.1, 0.15) is 0 Å². The van der Waals surface area contributed by atoms with Gasteiger partial charge >= 0.3 is 0 Å². The van der Waals surface area contributed by atoms with E-state index in [0.29, 0.717) is 0 Å². The van der Waals surface area contributed by atoms with Crippen LogP contribution in [0.5, 0.6) is 0 Å². The first-order chi connectivity index (χ1) is 15.7. The Kier molecular flexibility index (Phi) is 5.38. The van der Waals surface area contributed by atoms with Gasteiger partial charge in [-0.2, -0.15) is 0 Å². The van der Waals surface area contributed by atoms with Crippen LogP contribution in [0.2, 0.25) is 0 Å². The van der Waals surface area contributed by atoms with Gasteiger partial charge in [-0.15, -0.1) is 0 Å². The zero-order valence-corrected chi connectivity index (χ0v) is 19.5. The Labute approximate surface area is 191 Å². The SMILES string of the molecule is CCC1=C(CC)C2=NC1=Cc1cc(c3cccccc1-3)C=C1[NH+]=C(C=C2)C(CC)=C1CC. The van der Waals surface area contributed by atoms with Crippen molar-refractivity contribution in [2.45, 2.75) is 53.4 Å². The molecule has 0 saturated carbocycles. The number of allylic oxidation sites excluding steroid dienone is 6. The van der Waals surface area contributed by atoms with Crippen LogP contribution >= 0.6 is 0 Å². The first-order valence-corrected chi connectivity index (χ1v) is 12.0. The Morgan fingerprint density at radius 3 is 2.00 bits per heavy atom. The molecule has 0 saturated heterocycles. The van der Waals surface area contributed by atoms with E-state index in [1.165, 1.54) is 56.0 Å². The molecule has 0 aromatic heterocycles. The standard InChI is InChI=1S/C30H30N2/c1-5-21-23(7-3)29-17-19-16-20(26-13-11-9-10-12-25(19)26)18-30-24(8-4)22(6-2)28(32-30)15-14-27(21)31-29/h9-18H,5-8H2,1-4H3/p+1. The topological polar surface area (TPSA) is 26.3 Å². The summed E-state index contributed by atoms with van der Waals surface area (Å²) in [7, 11) is 0. The molecule has 3 heterocycles. The van der Waals surface area contributed by atoms with Crippen molar-refractivity contribution in [3.63, 3.8) is 0 Å². The average molecular weight is 420 g/mol. The van der Waals surface area contributed by atoms with Gasteiger partial charge in [-0.25, -0.2) is 9.98 Å². The van der Waals surface area contributed by atoms with Crippen molar-refractivity contribution in [3.05, 3.63) is 93.4 Å². The van der Waals surface area contributed by atoms with Crippen molar-refractivity contribution in [1.29, 1.82) is 0 Å². The molecular weight excluding hydrogens is 388 g/mol. The third-order valence-electron chi connectivity index (χ3n) is 6.89. The highest BCUT2D eigenvalue weighted by Gasteiger charge is 2.29. The molecule has 0 spiro atoms. The number of rotatable bonds is 4. The number of hydrogen-bond acceptors (Lipinski definition) is 1. The summed E-state index contributed by atoms with van der Waals surface area (Å²) in [6, 6.07) is 13.2. The van der Waals surface area contributed by atoms with Crippen LogP contribution in [-0.4, -0.2) is 11.4 Å². The van der Waals surface area contributed by atoms with Crippen molar-refractivity contribution < 1.29 is 4.99 Å². The van der Waals surface area contributed by atoms with Crippen LogP contribution in [0.3, 0.4) is 0 Å². The van der Waals surface area contributed by atoms with Gasteiger partial charge in [0.25, 0.3) is 0 Å². The first kappa shape index (κ1) is 20.6. The molecule has 3 aliphatic heterocycles. The monoisotopic (exact) mass is 419 g/mol. The third-order valence-corrected chi connectivity index (χ3v) is 6.89. The minimum Gasteiger partial charge on any atom is -0.248 e. The van der Waals surface area contributed by atoms with Crippen LogP contribution in [0.15, 0.2) is 87.2 Å². The van der Waals surface area contributed by atoms with Crippen LogP contribution in [0, 0.1) is 0 Å². The Hall–Kier alpha value is -3.26. The number of aliphatic imine (C=N–C) groups is 1. The van der Waals surface area contributed by atoms with Crippen LogP contribution in [0.1, 0.15) is 64.5 Å². The summed E-state index contributed by atoms with van der Waals surface area (Å²) in [5, 5.41) is 0. The summed E-state index contributed by atoms with van der Waals surface area (Å²) in [4.78, 5) is 8.87. The molecule has 32 heavy (non-hydrogen) atoms. The summed E-state index contributed by atoms with van der Waals surface area (Å²) >= 11 is 0. The molecule has 160 valence electrons. The van der Waals surface area contributed by atoms with Gasteiger partial charge in [-0.3, -0.25) is 0 Å². The number of hydrogen-bond donors (Lipinski definition) is 1. The molecule has 0 aromatic carbocycles. The molecular formula is C30H31N2+. The minimum atomic E-state index is 0.994. The summed E-state index contributed by atoms with van der Waals surface area (Å²) in [5.74, 6) is 0. The maximum absolute atomic E-state index is 5.13. The maximum atomic E-state index is 5.13. The molecule has 1 N–H and O–H groups in total. The lowest BCUT2D eigenvalue weighted by Crippen LogP contribution is -2.68. The zero-order valence-electron chi connectivity index (χ0n) is 19.5. The summed E-state index contributed by atoms with van der Waals surface area (Å²) in [6.07, 6.45) is 13.1. The summed E-state index contributed by atoms with van der Waals surface area (Å²) < 4.78 is 0. The van der Waals surface area contributed by atoms with E-state index in [0.717, 1.165) is 37.1 Å². The van der Waals surface area contributed by atoms with Crippen molar-refractivity contribution >= 4 is 23.6 Å². The van der Waals surface area contributed by atoms with E-state index in [9.17, 15) is 0 Å². The van der Waals surface area contributed by atoms with Gasteiger partial charge in [0.2, 0.25) is 11.4 Å². The van der Waals surface area contributed by atoms with Gasteiger partial charge in [0.05, 0.1) is 11.4 Å². The van der Waals surface area contributed by atoms with Crippen LogP contribution in [0.4, 0.5) is 0 Å². The molecule has 5 aliphatic rings. The van der Waals surface area contributed by atoms with Crippen LogP contribution in [-0.2, 0) is 0 Å². The average Bonchev–Trinajstić information content (AvgIpc) is 3.34. The highest BCUT2D eigenvalue weighted by molar-refractivity contribution is 6.17. The molecule has 2 aliphatic carbocycles. The fourth-order valence-corrected chi connectivity index (χ4v) is 5.39. The molecule has 5 rings (SSSR count). The Bertz CT molecular complexity index is 1190. The number of nitrogens with one attached hydrogen (secondary N) is 1. The number of nitrogens with zero attached hydrogens (tertiary/aromatic N) is 1. The lowest BCUT2D eigenvalue weighted by atomic mass is 9.96. The molecule has 6 bridgehead atoms. The van der Waals surface area contributed by atoms with Crippen molar-refractivity contribution in [1.82, 2.24) is 0 Å². The normalized spacial score (nSPS) is 17.6. The second-order valence-corrected chi connectivity index (χ2v) is 8.58. The van der Waals surface area contributed by atoms with Crippen LogP contribution in [0.25, 0.3) is 23.3 Å². The van der Waals surface area contributed by atoms with Gasteiger partial charge in [-0.05, 0) is 77.3 Å². The van der Waals surface area contributed by atoms with Crippen molar-refractivity contribution in [2.24, 2.45) is 4.99 Å². The molecule has 0 unspecified atom stereocenters. The second kappa shape index (κ2) is 8.35. The molecule has 0 atom stereocenters. The van der Waals surface area contributed by atoms with E-state index in [4.69, 9.17) is 4.99 Å². The highest BCUT2D eigenvalue weighted by Crippen LogP contribution is 2.39. The molecule has 0 amide bonds. The van der Waals surface area contributed by atoms with E-state index in [2.05, 4.69) is 93.4 Å². The van der Waals surface area contributed by atoms with Gasteiger partial charge in [-0.1, -0.05) is 58.0 Å². The van der Waals surface area contributed by atoms with E-state index >= 15 is 0 Å².